The van der Waals surface area contributed by atoms with Gasteiger partial charge in [0.25, 0.3) is 11.5 Å². The van der Waals surface area contributed by atoms with E-state index in [1.807, 2.05) is 13.8 Å². The third-order valence-corrected chi connectivity index (χ3v) is 6.13. The maximum Gasteiger partial charge on any atom is 0.261 e. The summed E-state index contributed by atoms with van der Waals surface area (Å²) in [4.78, 5) is 26.8. The van der Waals surface area contributed by atoms with Gasteiger partial charge in [0.05, 0.1) is 5.75 Å². The van der Waals surface area contributed by atoms with Crippen LogP contribution in [0.4, 0.5) is 0 Å². The van der Waals surface area contributed by atoms with Gasteiger partial charge in [0, 0.05) is 25.3 Å². The SMILES string of the molecule is CCC(C)c1ccc(C(=O)NCCN2CCCS2(=O)=O)c(=O)[nH]1. The van der Waals surface area contributed by atoms with Gasteiger partial charge in [-0.3, -0.25) is 9.59 Å². The summed E-state index contributed by atoms with van der Waals surface area (Å²) in [6.45, 7) is 4.93. The van der Waals surface area contributed by atoms with E-state index in [0.717, 1.165) is 12.1 Å². The number of pyridine rings is 1. The first kappa shape index (κ1) is 17.7. The van der Waals surface area contributed by atoms with Gasteiger partial charge in [0.2, 0.25) is 10.0 Å². The number of nitrogens with one attached hydrogen (secondary N) is 2. The highest BCUT2D eigenvalue weighted by atomic mass is 32.2. The molecule has 0 spiro atoms. The Morgan fingerprint density at radius 2 is 2.17 bits per heavy atom. The molecule has 1 saturated heterocycles. The van der Waals surface area contributed by atoms with Gasteiger partial charge in [-0.05, 0) is 30.9 Å². The quantitative estimate of drug-likeness (QED) is 0.794. The zero-order valence-corrected chi connectivity index (χ0v) is 14.3. The van der Waals surface area contributed by atoms with Crippen LogP contribution < -0.4 is 10.9 Å². The maximum absolute atomic E-state index is 12.1. The van der Waals surface area contributed by atoms with Crippen LogP contribution in [0.25, 0.3) is 0 Å². The number of hydrogen-bond acceptors (Lipinski definition) is 4. The highest BCUT2D eigenvalue weighted by molar-refractivity contribution is 7.89. The summed E-state index contributed by atoms with van der Waals surface area (Å²) in [5, 5.41) is 2.60. The fourth-order valence-electron chi connectivity index (χ4n) is 2.51. The zero-order chi connectivity index (χ0) is 17.0. The van der Waals surface area contributed by atoms with Crippen LogP contribution in [0.1, 0.15) is 48.7 Å². The second-order valence-corrected chi connectivity index (χ2v) is 7.88. The van der Waals surface area contributed by atoms with Crippen LogP contribution in [0.15, 0.2) is 16.9 Å². The number of aromatic nitrogens is 1. The van der Waals surface area contributed by atoms with Gasteiger partial charge in [0.15, 0.2) is 0 Å². The molecular formula is C15H23N3O4S. The molecular weight excluding hydrogens is 318 g/mol. The van der Waals surface area contributed by atoms with Gasteiger partial charge < -0.3 is 10.3 Å². The number of amides is 1. The van der Waals surface area contributed by atoms with Crippen LogP contribution in [-0.4, -0.2) is 49.0 Å². The summed E-state index contributed by atoms with van der Waals surface area (Å²) in [5.41, 5.74) is 0.424. The van der Waals surface area contributed by atoms with E-state index >= 15 is 0 Å². The third-order valence-electron chi connectivity index (χ3n) is 4.17. The fraction of sp³-hybridized carbons (Fsp3) is 0.600. The first-order chi connectivity index (χ1) is 10.8. The lowest BCUT2D eigenvalue weighted by Crippen LogP contribution is -2.37. The first-order valence-electron chi connectivity index (χ1n) is 7.84. The van der Waals surface area contributed by atoms with Gasteiger partial charge >= 0.3 is 0 Å². The smallest absolute Gasteiger partial charge is 0.261 e. The lowest BCUT2D eigenvalue weighted by Gasteiger charge is -2.14. The van der Waals surface area contributed by atoms with Crippen molar-refractivity contribution in [2.75, 3.05) is 25.4 Å². The molecule has 7 nitrogen and oxygen atoms in total. The lowest BCUT2D eigenvalue weighted by molar-refractivity contribution is 0.0950. The predicted molar refractivity (Wildman–Crippen MR) is 88.1 cm³/mol. The van der Waals surface area contributed by atoms with Gasteiger partial charge in [-0.25, -0.2) is 12.7 Å². The Balaban J connectivity index is 1.95. The zero-order valence-electron chi connectivity index (χ0n) is 13.5. The number of sulfonamides is 1. The number of hydrogen-bond donors (Lipinski definition) is 2. The molecule has 2 heterocycles. The van der Waals surface area contributed by atoms with Crippen LogP contribution in [-0.2, 0) is 10.0 Å². The molecule has 0 aromatic carbocycles. The Hall–Kier alpha value is -1.67. The van der Waals surface area contributed by atoms with E-state index in [4.69, 9.17) is 0 Å². The van der Waals surface area contributed by atoms with E-state index in [0.29, 0.717) is 13.0 Å². The van der Waals surface area contributed by atoms with Crippen molar-refractivity contribution in [3.05, 3.63) is 33.7 Å². The number of carbonyl (C=O) groups is 1. The lowest BCUT2D eigenvalue weighted by atomic mass is 10.0. The second kappa shape index (κ2) is 7.27. The summed E-state index contributed by atoms with van der Waals surface area (Å²) in [6, 6.07) is 3.26. The molecule has 1 unspecified atom stereocenters. The van der Waals surface area contributed by atoms with Gasteiger partial charge in [-0.1, -0.05) is 13.8 Å². The van der Waals surface area contributed by atoms with Gasteiger partial charge in [-0.15, -0.1) is 0 Å². The number of nitrogens with zero attached hydrogens (tertiary/aromatic N) is 1. The molecule has 0 radical (unpaired) electrons. The first-order valence-corrected chi connectivity index (χ1v) is 9.45. The maximum atomic E-state index is 12.1. The van der Waals surface area contributed by atoms with Crippen molar-refractivity contribution >= 4 is 15.9 Å². The van der Waals surface area contributed by atoms with Gasteiger partial charge in [-0.2, -0.15) is 0 Å². The third kappa shape index (κ3) is 4.20. The number of rotatable bonds is 6. The van der Waals surface area contributed by atoms with Crippen LogP contribution in [0.2, 0.25) is 0 Å². The highest BCUT2D eigenvalue weighted by Gasteiger charge is 2.27. The Morgan fingerprint density at radius 1 is 1.43 bits per heavy atom. The summed E-state index contributed by atoms with van der Waals surface area (Å²) in [5.74, 6) is -0.101. The summed E-state index contributed by atoms with van der Waals surface area (Å²) in [6.07, 6.45) is 1.51. The predicted octanol–water partition coefficient (Wildman–Crippen LogP) is 0.654. The Labute approximate surface area is 136 Å². The van der Waals surface area contributed by atoms with E-state index in [-0.39, 0.29) is 30.3 Å². The standard InChI is InChI=1S/C15H23N3O4S/c1-3-11(2)13-6-5-12(15(20)17-13)14(19)16-7-9-18-8-4-10-23(18,21)22/h5-6,11H,3-4,7-10H2,1-2H3,(H,16,19)(H,17,20). The normalized spacial score (nSPS) is 18.7. The van der Waals surface area contributed by atoms with Crippen molar-refractivity contribution < 1.29 is 13.2 Å². The van der Waals surface area contributed by atoms with Crippen molar-refractivity contribution in [3.8, 4) is 0 Å². The summed E-state index contributed by atoms with van der Waals surface area (Å²) < 4.78 is 24.7. The molecule has 1 aliphatic rings. The molecule has 0 saturated carbocycles. The molecule has 1 fully saturated rings. The minimum atomic E-state index is -3.16. The number of carbonyl (C=O) groups excluding carboxylic acids is 1. The molecule has 0 bridgehead atoms. The summed E-state index contributed by atoms with van der Waals surface area (Å²) >= 11 is 0. The number of H-pyrrole nitrogens is 1. The Morgan fingerprint density at radius 3 is 2.74 bits per heavy atom. The number of aromatic amines is 1. The van der Waals surface area contributed by atoms with Gasteiger partial charge in [0.1, 0.15) is 5.56 Å². The minimum Gasteiger partial charge on any atom is -0.351 e. The van der Waals surface area contributed by atoms with Crippen LogP contribution in [0.3, 0.4) is 0 Å². The largest absolute Gasteiger partial charge is 0.351 e. The van der Waals surface area contributed by atoms with Crippen molar-refractivity contribution in [2.24, 2.45) is 0 Å². The van der Waals surface area contributed by atoms with E-state index in [1.54, 1.807) is 6.07 Å². The van der Waals surface area contributed by atoms with E-state index < -0.39 is 21.5 Å². The average Bonchev–Trinajstić information content (AvgIpc) is 2.85. The topological polar surface area (TPSA) is 99.3 Å². The van der Waals surface area contributed by atoms with Crippen molar-refractivity contribution in [2.45, 2.75) is 32.6 Å². The average molecular weight is 341 g/mol. The molecule has 1 amide bonds. The second-order valence-electron chi connectivity index (χ2n) is 5.79. The molecule has 23 heavy (non-hydrogen) atoms. The van der Waals surface area contributed by atoms with Crippen LogP contribution in [0.5, 0.6) is 0 Å². The van der Waals surface area contributed by atoms with Crippen LogP contribution in [0, 0.1) is 0 Å². The van der Waals surface area contributed by atoms with Crippen molar-refractivity contribution in [1.29, 1.82) is 0 Å². The van der Waals surface area contributed by atoms with E-state index in [1.165, 1.54) is 10.4 Å². The Bertz CT molecular complexity index is 726. The molecule has 1 atom stereocenters. The van der Waals surface area contributed by atoms with E-state index in [2.05, 4.69) is 10.3 Å². The molecule has 8 heteroatoms. The van der Waals surface area contributed by atoms with Crippen molar-refractivity contribution in [1.82, 2.24) is 14.6 Å². The minimum absolute atomic E-state index is 0.0429. The van der Waals surface area contributed by atoms with Crippen molar-refractivity contribution in [3.63, 3.8) is 0 Å². The molecule has 2 N–H and O–H groups in total. The molecule has 2 rings (SSSR count). The Kier molecular flexibility index (Phi) is 5.59. The molecule has 1 aliphatic heterocycles. The highest BCUT2D eigenvalue weighted by Crippen LogP contribution is 2.14. The monoisotopic (exact) mass is 341 g/mol. The fourth-order valence-corrected chi connectivity index (χ4v) is 4.04. The van der Waals surface area contributed by atoms with E-state index in [9.17, 15) is 18.0 Å². The summed E-state index contributed by atoms with van der Waals surface area (Å²) in [7, 11) is -3.16. The molecule has 128 valence electrons. The molecule has 1 aromatic heterocycles. The van der Waals surface area contributed by atoms with Crippen LogP contribution >= 0.6 is 0 Å². The molecule has 1 aromatic rings. The molecule has 0 aliphatic carbocycles.